The summed E-state index contributed by atoms with van der Waals surface area (Å²) in [5.41, 5.74) is 1.42. The van der Waals surface area contributed by atoms with Crippen molar-refractivity contribution in [2.75, 3.05) is 23.7 Å². The molecular weight excluding hydrogens is 436 g/mol. The first-order chi connectivity index (χ1) is 16.2. The lowest BCUT2D eigenvalue weighted by Crippen LogP contribution is -2.41. The van der Waals surface area contributed by atoms with Gasteiger partial charge in [-0.3, -0.25) is 14.9 Å². The van der Waals surface area contributed by atoms with Gasteiger partial charge < -0.3 is 16.0 Å². The number of carbonyl (C=O) groups is 1. The summed E-state index contributed by atoms with van der Waals surface area (Å²) in [6.07, 6.45) is 2.65. The zero-order chi connectivity index (χ0) is 24.7. The van der Waals surface area contributed by atoms with Gasteiger partial charge in [-0.2, -0.15) is 5.26 Å². The lowest BCUT2D eigenvalue weighted by Gasteiger charge is -2.21. The Morgan fingerprint density at radius 2 is 1.76 bits per heavy atom. The number of aromatic nitrogens is 3. The van der Waals surface area contributed by atoms with Crippen molar-refractivity contribution in [2.24, 2.45) is 0 Å². The van der Waals surface area contributed by atoms with Gasteiger partial charge in [-0.1, -0.05) is 12.1 Å². The number of rotatable bonds is 8. The summed E-state index contributed by atoms with van der Waals surface area (Å²) in [6, 6.07) is 11.8. The fraction of sp³-hybridized carbons (Fsp3) is 0.261. The number of nitriles is 1. The molecule has 0 fully saturated rings. The second kappa shape index (κ2) is 10.4. The van der Waals surface area contributed by atoms with Gasteiger partial charge in [0.2, 0.25) is 5.95 Å². The molecule has 2 heterocycles. The monoisotopic (exact) mass is 460 g/mol. The van der Waals surface area contributed by atoms with E-state index in [9.17, 15) is 14.9 Å². The van der Waals surface area contributed by atoms with Crippen LogP contribution < -0.4 is 16.0 Å². The molecule has 0 saturated heterocycles. The molecule has 0 aliphatic carbocycles. The van der Waals surface area contributed by atoms with E-state index in [0.717, 1.165) is 0 Å². The fourth-order valence-corrected chi connectivity index (χ4v) is 2.93. The third kappa shape index (κ3) is 6.46. The molecule has 11 nitrogen and oxygen atoms in total. The van der Waals surface area contributed by atoms with E-state index in [1.165, 1.54) is 24.5 Å². The predicted molar refractivity (Wildman–Crippen MR) is 127 cm³/mol. The second-order valence-electron chi connectivity index (χ2n) is 8.36. The molecule has 174 valence electrons. The molecule has 3 aromatic rings. The van der Waals surface area contributed by atoms with Crippen LogP contribution >= 0.6 is 0 Å². The van der Waals surface area contributed by atoms with Crippen molar-refractivity contribution >= 4 is 23.4 Å². The van der Waals surface area contributed by atoms with Crippen LogP contribution in [0.2, 0.25) is 0 Å². The first kappa shape index (κ1) is 24.1. The number of nitrogens with one attached hydrogen (secondary N) is 3. The molecule has 2 aromatic heterocycles. The maximum atomic E-state index is 12.8. The molecule has 0 bridgehead atoms. The normalized spacial score (nSPS) is 10.8. The largest absolute Gasteiger partial charge is 0.368 e. The van der Waals surface area contributed by atoms with Crippen molar-refractivity contribution in [3.8, 4) is 17.3 Å². The van der Waals surface area contributed by atoms with Crippen molar-refractivity contribution in [3.63, 3.8) is 0 Å². The van der Waals surface area contributed by atoms with Gasteiger partial charge in [0, 0.05) is 36.5 Å². The quantitative estimate of drug-likeness (QED) is 0.260. The molecule has 3 N–H and O–H groups in total. The maximum absolute atomic E-state index is 12.8. The topological polar surface area (TPSA) is 159 Å². The van der Waals surface area contributed by atoms with Crippen LogP contribution in [0.25, 0.3) is 11.3 Å². The summed E-state index contributed by atoms with van der Waals surface area (Å²) < 4.78 is 0. The van der Waals surface area contributed by atoms with Crippen molar-refractivity contribution < 1.29 is 9.72 Å². The number of pyridine rings is 1. The van der Waals surface area contributed by atoms with E-state index in [0.29, 0.717) is 47.2 Å². The summed E-state index contributed by atoms with van der Waals surface area (Å²) in [7, 11) is 0. The maximum Gasteiger partial charge on any atom is 0.287 e. The molecule has 0 aliphatic rings. The van der Waals surface area contributed by atoms with E-state index in [1.807, 2.05) is 20.8 Å². The molecule has 0 unspecified atom stereocenters. The molecule has 0 atom stereocenters. The highest BCUT2D eigenvalue weighted by atomic mass is 16.6. The van der Waals surface area contributed by atoms with E-state index in [1.54, 1.807) is 24.3 Å². The molecule has 3 rings (SSSR count). The van der Waals surface area contributed by atoms with Crippen LogP contribution in [0, 0.1) is 21.4 Å². The Labute approximate surface area is 196 Å². The molecule has 0 spiro atoms. The third-order valence-electron chi connectivity index (χ3n) is 4.48. The molecule has 0 aliphatic heterocycles. The Balaban J connectivity index is 1.74. The summed E-state index contributed by atoms with van der Waals surface area (Å²) >= 11 is 0. The first-order valence-electron chi connectivity index (χ1n) is 10.4. The lowest BCUT2D eigenvalue weighted by molar-refractivity contribution is -0.385. The molecular formula is C23H24N8O3. The van der Waals surface area contributed by atoms with Crippen molar-refractivity contribution in [3.05, 3.63) is 70.0 Å². The van der Waals surface area contributed by atoms with E-state index < -0.39 is 10.5 Å². The average Bonchev–Trinajstić information content (AvgIpc) is 2.81. The van der Waals surface area contributed by atoms with Gasteiger partial charge >= 0.3 is 0 Å². The molecule has 1 aromatic carbocycles. The highest BCUT2D eigenvalue weighted by Gasteiger charge is 2.21. The second-order valence-corrected chi connectivity index (χ2v) is 8.36. The molecule has 11 heteroatoms. The SMILES string of the molecule is CC(C)(C)NC(=O)c1cnc(NCCNc2ccc([N+](=O)[O-])cn2)nc1-c1ccc(C#N)cc1. The summed E-state index contributed by atoms with van der Waals surface area (Å²) in [4.78, 5) is 35.9. The number of carbonyl (C=O) groups excluding carboxylic acids is 1. The molecule has 0 saturated carbocycles. The van der Waals surface area contributed by atoms with E-state index >= 15 is 0 Å². The Hall–Kier alpha value is -4.59. The smallest absolute Gasteiger partial charge is 0.287 e. The van der Waals surface area contributed by atoms with Crippen LogP contribution in [0.4, 0.5) is 17.5 Å². The summed E-state index contributed by atoms with van der Waals surface area (Å²) in [5.74, 6) is 0.523. The van der Waals surface area contributed by atoms with Crippen LogP contribution in [0.5, 0.6) is 0 Å². The van der Waals surface area contributed by atoms with Gasteiger partial charge in [-0.25, -0.2) is 15.0 Å². The number of amides is 1. The third-order valence-corrected chi connectivity index (χ3v) is 4.48. The summed E-state index contributed by atoms with van der Waals surface area (Å²) in [5, 5.41) is 28.8. The number of nitro groups is 1. The van der Waals surface area contributed by atoms with Gasteiger partial charge in [0.15, 0.2) is 0 Å². The first-order valence-corrected chi connectivity index (χ1v) is 10.4. The molecule has 1 amide bonds. The Bertz CT molecular complexity index is 1210. The van der Waals surface area contributed by atoms with Gasteiger partial charge in [0.25, 0.3) is 11.6 Å². The zero-order valence-corrected chi connectivity index (χ0v) is 19.0. The number of nitrogens with zero attached hydrogens (tertiary/aromatic N) is 5. The lowest BCUT2D eigenvalue weighted by atomic mass is 10.0. The van der Waals surface area contributed by atoms with Crippen LogP contribution in [-0.2, 0) is 0 Å². The Morgan fingerprint density at radius 1 is 1.06 bits per heavy atom. The van der Waals surface area contributed by atoms with E-state index in [-0.39, 0.29) is 11.6 Å². The van der Waals surface area contributed by atoms with E-state index in [4.69, 9.17) is 5.26 Å². The predicted octanol–water partition coefficient (Wildman–Crippen LogP) is 3.37. The number of anilines is 2. The van der Waals surface area contributed by atoms with Crippen LogP contribution in [0.3, 0.4) is 0 Å². The number of benzene rings is 1. The van der Waals surface area contributed by atoms with Crippen LogP contribution in [0.15, 0.2) is 48.8 Å². The zero-order valence-electron chi connectivity index (χ0n) is 19.0. The van der Waals surface area contributed by atoms with Gasteiger partial charge in [-0.15, -0.1) is 0 Å². The van der Waals surface area contributed by atoms with Gasteiger partial charge in [-0.05, 0) is 39.0 Å². The van der Waals surface area contributed by atoms with Crippen molar-refractivity contribution in [1.29, 1.82) is 5.26 Å². The molecule has 34 heavy (non-hydrogen) atoms. The molecule has 0 radical (unpaired) electrons. The Morgan fingerprint density at radius 3 is 2.35 bits per heavy atom. The summed E-state index contributed by atoms with van der Waals surface area (Å²) in [6.45, 7) is 6.53. The highest BCUT2D eigenvalue weighted by molar-refractivity contribution is 6.00. The number of hydrogen-bond acceptors (Lipinski definition) is 9. The standard InChI is InChI=1S/C23H24N8O3/c1-23(2,3)30-21(32)18-14-28-22(29-20(18)16-6-4-15(12-24)5-7-16)26-11-10-25-19-9-8-17(13-27-19)31(33)34/h4-9,13-14H,10-11H2,1-3H3,(H,25,27)(H,30,32)(H,26,28,29). The van der Waals surface area contributed by atoms with E-state index in [2.05, 4.69) is 37.0 Å². The Kier molecular flexibility index (Phi) is 7.33. The average molecular weight is 460 g/mol. The minimum absolute atomic E-state index is 0.0806. The van der Waals surface area contributed by atoms with Gasteiger partial charge in [0.05, 0.1) is 27.8 Å². The minimum Gasteiger partial charge on any atom is -0.368 e. The fourth-order valence-electron chi connectivity index (χ4n) is 2.93. The van der Waals surface area contributed by atoms with Crippen molar-refractivity contribution in [1.82, 2.24) is 20.3 Å². The minimum atomic E-state index is -0.507. The number of hydrogen-bond donors (Lipinski definition) is 3. The highest BCUT2D eigenvalue weighted by Crippen LogP contribution is 2.23. The van der Waals surface area contributed by atoms with Gasteiger partial charge in [0.1, 0.15) is 12.0 Å². The van der Waals surface area contributed by atoms with Crippen LogP contribution in [-0.4, -0.2) is 44.4 Å². The van der Waals surface area contributed by atoms with Crippen LogP contribution in [0.1, 0.15) is 36.7 Å². The van der Waals surface area contributed by atoms with Crippen molar-refractivity contribution in [2.45, 2.75) is 26.3 Å².